The van der Waals surface area contributed by atoms with Crippen LogP contribution in [0.15, 0.2) is 36.0 Å². The van der Waals surface area contributed by atoms with Gasteiger partial charge in [-0.25, -0.2) is 0 Å². The molecule has 0 spiro atoms. The lowest BCUT2D eigenvalue weighted by atomic mass is 10.0. The topological polar surface area (TPSA) is 40.6 Å². The van der Waals surface area contributed by atoms with Crippen molar-refractivity contribution in [2.45, 2.75) is 39.0 Å². The van der Waals surface area contributed by atoms with Crippen LogP contribution in [0.3, 0.4) is 0 Å². The van der Waals surface area contributed by atoms with Crippen molar-refractivity contribution in [1.29, 1.82) is 0 Å². The van der Waals surface area contributed by atoms with Gasteiger partial charge in [-0.05, 0) is 31.2 Å². The molecule has 0 N–H and O–H groups in total. The van der Waals surface area contributed by atoms with Crippen LogP contribution in [0.2, 0.25) is 0 Å². The smallest absolute Gasteiger partial charge is 0.277 e. The Bertz CT molecular complexity index is 616. The lowest BCUT2D eigenvalue weighted by Gasteiger charge is -2.29. The van der Waals surface area contributed by atoms with Crippen molar-refractivity contribution in [2.75, 3.05) is 19.6 Å². The van der Waals surface area contributed by atoms with E-state index in [0.29, 0.717) is 17.8 Å². The molecule has 0 bridgehead atoms. The van der Waals surface area contributed by atoms with Gasteiger partial charge in [0.15, 0.2) is 0 Å². The highest BCUT2D eigenvalue weighted by atomic mass is 16.2. The first-order chi connectivity index (χ1) is 11.2. The van der Waals surface area contributed by atoms with E-state index in [1.165, 1.54) is 11.3 Å². The van der Waals surface area contributed by atoms with E-state index in [2.05, 4.69) is 11.8 Å². The van der Waals surface area contributed by atoms with E-state index >= 15 is 0 Å². The molecule has 0 aliphatic carbocycles. The van der Waals surface area contributed by atoms with Gasteiger partial charge in [0.2, 0.25) is 0 Å². The second-order valence-corrected chi connectivity index (χ2v) is 6.25. The van der Waals surface area contributed by atoms with Crippen LogP contribution in [0.4, 0.5) is 0 Å². The Morgan fingerprint density at radius 2 is 1.65 bits per heavy atom. The van der Waals surface area contributed by atoms with E-state index in [1.807, 2.05) is 30.3 Å². The van der Waals surface area contributed by atoms with Gasteiger partial charge in [0.25, 0.3) is 11.8 Å². The first-order valence-electron chi connectivity index (χ1n) is 8.65. The van der Waals surface area contributed by atoms with Crippen LogP contribution in [-0.2, 0) is 9.59 Å². The van der Waals surface area contributed by atoms with Crippen molar-refractivity contribution in [3.05, 3.63) is 41.6 Å². The predicted octanol–water partition coefficient (Wildman–Crippen LogP) is 3.05. The number of hydrogen-bond donors (Lipinski definition) is 0. The molecule has 1 aromatic rings. The Morgan fingerprint density at radius 1 is 0.957 bits per heavy atom. The Kier molecular flexibility index (Phi) is 4.79. The van der Waals surface area contributed by atoms with Gasteiger partial charge in [-0.2, -0.15) is 0 Å². The second kappa shape index (κ2) is 6.99. The van der Waals surface area contributed by atoms with Gasteiger partial charge in [-0.15, -0.1) is 0 Å². The summed E-state index contributed by atoms with van der Waals surface area (Å²) in [5, 5.41) is 0. The summed E-state index contributed by atoms with van der Waals surface area (Å²) >= 11 is 0. The molecule has 0 radical (unpaired) electrons. The number of carbonyl (C=O) groups excluding carboxylic acids is 2. The van der Waals surface area contributed by atoms with Crippen LogP contribution >= 0.6 is 0 Å². The zero-order chi connectivity index (χ0) is 16.2. The van der Waals surface area contributed by atoms with E-state index < -0.39 is 0 Å². The Balaban J connectivity index is 2.00. The summed E-state index contributed by atoms with van der Waals surface area (Å²) in [5.41, 5.74) is 2.07. The van der Waals surface area contributed by atoms with Gasteiger partial charge >= 0.3 is 0 Å². The summed E-state index contributed by atoms with van der Waals surface area (Å²) < 4.78 is 0. The molecule has 2 aliphatic rings. The number of imide groups is 1. The van der Waals surface area contributed by atoms with Gasteiger partial charge in [0, 0.05) is 19.6 Å². The van der Waals surface area contributed by atoms with Crippen LogP contribution in [-0.4, -0.2) is 41.2 Å². The minimum Gasteiger partial charge on any atom is -0.366 e. The molecule has 2 heterocycles. The molecule has 1 saturated heterocycles. The Hall–Kier alpha value is -2.10. The number of nitrogens with zero attached hydrogens (tertiary/aromatic N) is 2. The van der Waals surface area contributed by atoms with Crippen molar-refractivity contribution in [1.82, 2.24) is 9.80 Å². The number of unbranched alkanes of at least 4 members (excludes halogenated alkanes) is 1. The van der Waals surface area contributed by atoms with E-state index in [-0.39, 0.29) is 11.8 Å². The molecule has 122 valence electrons. The number of piperidine rings is 1. The van der Waals surface area contributed by atoms with Gasteiger partial charge in [-0.1, -0.05) is 43.7 Å². The van der Waals surface area contributed by atoms with Crippen molar-refractivity contribution in [3.63, 3.8) is 0 Å². The molecule has 1 aromatic carbocycles. The fourth-order valence-electron chi connectivity index (χ4n) is 3.36. The summed E-state index contributed by atoms with van der Waals surface area (Å²) in [4.78, 5) is 29.4. The van der Waals surface area contributed by atoms with E-state index in [9.17, 15) is 9.59 Å². The molecule has 23 heavy (non-hydrogen) atoms. The number of likely N-dealkylation sites (tertiary alicyclic amines) is 1. The first-order valence-corrected chi connectivity index (χ1v) is 8.65. The number of rotatable bonds is 5. The van der Waals surface area contributed by atoms with E-state index in [1.54, 1.807) is 0 Å². The molecule has 1 fully saturated rings. The lowest BCUT2D eigenvalue weighted by Crippen LogP contribution is -2.37. The quantitative estimate of drug-likeness (QED) is 0.785. The second-order valence-electron chi connectivity index (χ2n) is 6.25. The van der Waals surface area contributed by atoms with Crippen molar-refractivity contribution in [2.24, 2.45) is 0 Å². The zero-order valence-corrected chi connectivity index (χ0v) is 13.8. The molecule has 3 rings (SSSR count). The lowest BCUT2D eigenvalue weighted by molar-refractivity contribution is -0.137. The van der Waals surface area contributed by atoms with Crippen LogP contribution in [0.5, 0.6) is 0 Å². The number of carbonyl (C=O) groups is 2. The highest BCUT2D eigenvalue weighted by Gasteiger charge is 2.41. The van der Waals surface area contributed by atoms with E-state index in [4.69, 9.17) is 0 Å². The van der Waals surface area contributed by atoms with Crippen LogP contribution in [0, 0.1) is 0 Å². The van der Waals surface area contributed by atoms with Crippen LogP contribution < -0.4 is 0 Å². The maximum atomic E-state index is 12.9. The summed E-state index contributed by atoms with van der Waals surface area (Å²) in [5.74, 6) is -0.237. The van der Waals surface area contributed by atoms with Gasteiger partial charge in [-0.3, -0.25) is 14.5 Å². The van der Waals surface area contributed by atoms with E-state index in [0.717, 1.165) is 44.3 Å². The first kappa shape index (κ1) is 15.8. The molecular formula is C19H24N2O2. The summed E-state index contributed by atoms with van der Waals surface area (Å²) in [7, 11) is 0. The minimum atomic E-state index is -0.129. The summed E-state index contributed by atoms with van der Waals surface area (Å²) in [6, 6.07) is 9.62. The molecule has 2 amide bonds. The maximum absolute atomic E-state index is 12.9. The zero-order valence-electron chi connectivity index (χ0n) is 13.8. The predicted molar refractivity (Wildman–Crippen MR) is 90.4 cm³/mol. The fourth-order valence-corrected chi connectivity index (χ4v) is 3.36. The SMILES string of the molecule is CCCCN1C(=O)C(c2ccccc2)=C(N2CCCCC2)C1=O. The number of amides is 2. The summed E-state index contributed by atoms with van der Waals surface area (Å²) in [6.07, 6.45) is 5.19. The average Bonchev–Trinajstić information content (AvgIpc) is 2.85. The third-order valence-electron chi connectivity index (χ3n) is 4.61. The third kappa shape index (κ3) is 3.03. The number of hydrogen-bond acceptors (Lipinski definition) is 3. The van der Waals surface area contributed by atoms with Gasteiger partial charge < -0.3 is 4.90 Å². The van der Waals surface area contributed by atoms with Crippen molar-refractivity contribution in [3.8, 4) is 0 Å². The molecular weight excluding hydrogens is 288 g/mol. The van der Waals surface area contributed by atoms with Crippen LogP contribution in [0.1, 0.15) is 44.6 Å². The highest BCUT2D eigenvalue weighted by Crippen LogP contribution is 2.33. The minimum absolute atomic E-state index is 0.107. The summed E-state index contributed by atoms with van der Waals surface area (Å²) in [6.45, 7) is 4.32. The highest BCUT2D eigenvalue weighted by molar-refractivity contribution is 6.35. The van der Waals surface area contributed by atoms with Gasteiger partial charge in [0.05, 0.1) is 5.57 Å². The molecule has 2 aliphatic heterocycles. The normalized spacial score (nSPS) is 19.0. The molecule has 0 aromatic heterocycles. The van der Waals surface area contributed by atoms with Crippen molar-refractivity contribution >= 4 is 17.4 Å². The molecule has 0 atom stereocenters. The van der Waals surface area contributed by atoms with Crippen LogP contribution in [0.25, 0.3) is 5.57 Å². The maximum Gasteiger partial charge on any atom is 0.277 e. The Morgan fingerprint density at radius 3 is 2.30 bits per heavy atom. The standard InChI is InChI=1S/C19H24N2O2/c1-2-3-14-21-18(22)16(15-10-6-4-7-11-15)17(19(21)23)20-12-8-5-9-13-20/h4,6-7,10-11H,2-3,5,8-9,12-14H2,1H3. The van der Waals surface area contributed by atoms with Crippen molar-refractivity contribution < 1.29 is 9.59 Å². The molecule has 0 unspecified atom stereocenters. The molecule has 4 heteroatoms. The number of benzene rings is 1. The Labute approximate surface area is 137 Å². The largest absolute Gasteiger partial charge is 0.366 e. The monoisotopic (exact) mass is 312 g/mol. The van der Waals surface area contributed by atoms with Gasteiger partial charge in [0.1, 0.15) is 5.70 Å². The molecule has 0 saturated carbocycles. The third-order valence-corrected chi connectivity index (χ3v) is 4.61. The fraction of sp³-hybridized carbons (Fsp3) is 0.474. The molecule has 4 nitrogen and oxygen atoms in total. The average molecular weight is 312 g/mol.